The molecule has 0 unspecified atom stereocenters. The Morgan fingerprint density at radius 2 is 2.00 bits per heavy atom. The van der Waals surface area contributed by atoms with E-state index >= 15 is 0 Å². The molecule has 1 aliphatic rings. The van der Waals surface area contributed by atoms with Crippen molar-refractivity contribution in [2.45, 2.75) is 6.42 Å². The van der Waals surface area contributed by atoms with Crippen LogP contribution in [0.15, 0.2) is 65.7 Å². The highest BCUT2D eigenvalue weighted by atomic mass is 35.5. The number of hydrogen-bond acceptors (Lipinski definition) is 5. The SMILES string of the molecule is O=C(Cc1cccs1)Oc1ccc2c(c1)O/C(=C\c1ccccc1Cl)C2=O. The van der Waals surface area contributed by atoms with E-state index in [0.717, 1.165) is 4.88 Å². The fraction of sp³-hybridized carbons (Fsp3) is 0.0476. The van der Waals surface area contributed by atoms with E-state index in [1.165, 1.54) is 11.3 Å². The van der Waals surface area contributed by atoms with Crippen LogP contribution in [0, 0.1) is 0 Å². The highest BCUT2D eigenvalue weighted by molar-refractivity contribution is 7.10. The van der Waals surface area contributed by atoms with Gasteiger partial charge in [0.15, 0.2) is 5.76 Å². The van der Waals surface area contributed by atoms with Gasteiger partial charge >= 0.3 is 5.97 Å². The van der Waals surface area contributed by atoms with Crippen molar-refractivity contribution in [3.63, 3.8) is 0 Å². The van der Waals surface area contributed by atoms with E-state index in [1.807, 2.05) is 29.6 Å². The summed E-state index contributed by atoms with van der Waals surface area (Å²) in [5.41, 5.74) is 1.12. The number of benzene rings is 2. The Balaban J connectivity index is 1.52. The summed E-state index contributed by atoms with van der Waals surface area (Å²) in [5, 5.41) is 2.44. The Hall–Kier alpha value is -2.89. The van der Waals surface area contributed by atoms with Gasteiger partial charge in [0.25, 0.3) is 0 Å². The number of allylic oxidation sites excluding steroid dienone is 1. The van der Waals surface area contributed by atoms with Crippen molar-refractivity contribution >= 4 is 40.8 Å². The molecule has 1 aliphatic heterocycles. The molecular weight excluding hydrogens is 384 g/mol. The minimum absolute atomic E-state index is 0.181. The maximum Gasteiger partial charge on any atom is 0.316 e. The molecular formula is C21H13ClO4S. The van der Waals surface area contributed by atoms with E-state index in [1.54, 1.807) is 36.4 Å². The van der Waals surface area contributed by atoms with Gasteiger partial charge in [0.1, 0.15) is 11.5 Å². The van der Waals surface area contributed by atoms with Crippen LogP contribution in [0.1, 0.15) is 20.8 Å². The number of ether oxygens (including phenoxy) is 2. The van der Waals surface area contributed by atoms with Crippen LogP contribution < -0.4 is 9.47 Å². The number of carbonyl (C=O) groups excluding carboxylic acids is 2. The molecule has 0 fully saturated rings. The van der Waals surface area contributed by atoms with Crippen molar-refractivity contribution in [1.82, 2.24) is 0 Å². The Bertz CT molecular complexity index is 1050. The number of carbonyl (C=O) groups is 2. The standard InChI is InChI=1S/C21H13ClO4S/c22-17-6-2-1-4-13(17)10-19-21(24)16-8-7-14(11-18(16)26-19)25-20(23)12-15-5-3-9-27-15/h1-11H,12H2/b19-10-. The molecule has 0 saturated heterocycles. The van der Waals surface area contributed by atoms with Gasteiger partial charge in [-0.05, 0) is 41.3 Å². The Kier molecular flexibility index (Phi) is 4.79. The van der Waals surface area contributed by atoms with E-state index in [0.29, 0.717) is 27.6 Å². The molecule has 27 heavy (non-hydrogen) atoms. The number of Topliss-reactive ketones (excluding diaryl/α,β-unsaturated/α-hetero) is 1. The molecule has 4 rings (SSSR count). The number of fused-ring (bicyclic) bond motifs is 1. The van der Waals surface area contributed by atoms with Gasteiger partial charge in [-0.25, -0.2) is 0 Å². The van der Waals surface area contributed by atoms with Crippen LogP contribution in [0.2, 0.25) is 5.02 Å². The summed E-state index contributed by atoms with van der Waals surface area (Å²) in [6.07, 6.45) is 1.80. The first-order valence-corrected chi connectivity index (χ1v) is 9.42. The number of ketones is 1. The molecule has 0 spiro atoms. The van der Waals surface area contributed by atoms with Crippen LogP contribution >= 0.6 is 22.9 Å². The van der Waals surface area contributed by atoms with Gasteiger partial charge in [0.2, 0.25) is 5.78 Å². The van der Waals surface area contributed by atoms with E-state index in [2.05, 4.69) is 0 Å². The van der Waals surface area contributed by atoms with Crippen molar-refractivity contribution in [2.24, 2.45) is 0 Å². The molecule has 4 nitrogen and oxygen atoms in total. The summed E-state index contributed by atoms with van der Waals surface area (Å²) >= 11 is 7.63. The van der Waals surface area contributed by atoms with Gasteiger partial charge in [0, 0.05) is 16.0 Å². The Morgan fingerprint density at radius 1 is 1.15 bits per heavy atom. The topological polar surface area (TPSA) is 52.6 Å². The quantitative estimate of drug-likeness (QED) is 0.347. The molecule has 0 saturated carbocycles. The van der Waals surface area contributed by atoms with Gasteiger partial charge in [-0.15, -0.1) is 11.3 Å². The smallest absolute Gasteiger partial charge is 0.316 e. The van der Waals surface area contributed by atoms with Crippen LogP contribution in [0.25, 0.3) is 6.08 Å². The third kappa shape index (κ3) is 3.79. The summed E-state index contributed by atoms with van der Waals surface area (Å²) in [6, 6.07) is 15.7. The zero-order chi connectivity index (χ0) is 18.8. The molecule has 0 atom stereocenters. The summed E-state index contributed by atoms with van der Waals surface area (Å²) in [6.45, 7) is 0. The number of rotatable bonds is 4. The Morgan fingerprint density at radius 3 is 2.78 bits per heavy atom. The highest BCUT2D eigenvalue weighted by Crippen LogP contribution is 2.35. The van der Waals surface area contributed by atoms with Crippen molar-refractivity contribution in [3.05, 3.63) is 86.8 Å². The second-order valence-corrected chi connectivity index (χ2v) is 7.29. The molecule has 0 radical (unpaired) electrons. The molecule has 1 aromatic heterocycles. The number of esters is 1. The largest absolute Gasteiger partial charge is 0.452 e. The first-order valence-electron chi connectivity index (χ1n) is 8.16. The van der Waals surface area contributed by atoms with Gasteiger partial charge in [-0.3, -0.25) is 9.59 Å². The lowest BCUT2D eigenvalue weighted by Crippen LogP contribution is -2.10. The van der Waals surface area contributed by atoms with Gasteiger partial charge < -0.3 is 9.47 Å². The predicted octanol–water partition coefficient (Wildman–Crippen LogP) is 5.17. The summed E-state index contributed by atoms with van der Waals surface area (Å²) in [7, 11) is 0. The molecule has 3 aromatic rings. The maximum atomic E-state index is 12.5. The lowest BCUT2D eigenvalue weighted by Gasteiger charge is -2.05. The number of halogens is 1. The fourth-order valence-electron chi connectivity index (χ4n) is 2.69. The van der Waals surface area contributed by atoms with E-state index in [-0.39, 0.29) is 23.9 Å². The molecule has 2 heterocycles. The average Bonchev–Trinajstić information content (AvgIpc) is 3.25. The van der Waals surface area contributed by atoms with Crippen molar-refractivity contribution < 1.29 is 19.1 Å². The first kappa shape index (κ1) is 17.5. The summed E-state index contributed by atoms with van der Waals surface area (Å²) in [4.78, 5) is 25.5. The van der Waals surface area contributed by atoms with Crippen LogP contribution in [-0.4, -0.2) is 11.8 Å². The zero-order valence-electron chi connectivity index (χ0n) is 14.0. The molecule has 6 heteroatoms. The second-order valence-electron chi connectivity index (χ2n) is 5.85. The lowest BCUT2D eigenvalue weighted by atomic mass is 10.1. The minimum Gasteiger partial charge on any atom is -0.452 e. The zero-order valence-corrected chi connectivity index (χ0v) is 15.5. The maximum absolute atomic E-state index is 12.5. The third-order valence-electron chi connectivity index (χ3n) is 3.96. The molecule has 0 N–H and O–H groups in total. The van der Waals surface area contributed by atoms with E-state index in [4.69, 9.17) is 21.1 Å². The molecule has 134 valence electrons. The highest BCUT2D eigenvalue weighted by Gasteiger charge is 2.28. The molecule has 0 aliphatic carbocycles. The molecule has 0 bridgehead atoms. The van der Waals surface area contributed by atoms with E-state index in [9.17, 15) is 9.59 Å². The lowest BCUT2D eigenvalue weighted by molar-refractivity contribution is -0.133. The summed E-state index contributed by atoms with van der Waals surface area (Å²) < 4.78 is 11.0. The fourth-order valence-corrected chi connectivity index (χ4v) is 3.57. The van der Waals surface area contributed by atoms with Crippen molar-refractivity contribution in [1.29, 1.82) is 0 Å². The van der Waals surface area contributed by atoms with Crippen LogP contribution in [-0.2, 0) is 11.2 Å². The number of thiophene rings is 1. The second kappa shape index (κ2) is 7.39. The molecule has 0 amide bonds. The summed E-state index contributed by atoms with van der Waals surface area (Å²) in [5.74, 6) is 0.275. The monoisotopic (exact) mass is 396 g/mol. The first-order chi connectivity index (χ1) is 13.1. The predicted molar refractivity (Wildman–Crippen MR) is 104 cm³/mol. The minimum atomic E-state index is -0.367. The average molecular weight is 397 g/mol. The van der Waals surface area contributed by atoms with E-state index < -0.39 is 0 Å². The van der Waals surface area contributed by atoms with Crippen LogP contribution in [0.4, 0.5) is 0 Å². The van der Waals surface area contributed by atoms with Crippen molar-refractivity contribution in [2.75, 3.05) is 0 Å². The van der Waals surface area contributed by atoms with Crippen LogP contribution in [0.5, 0.6) is 11.5 Å². The van der Waals surface area contributed by atoms with Gasteiger partial charge in [0.05, 0.1) is 12.0 Å². The van der Waals surface area contributed by atoms with Gasteiger partial charge in [-0.2, -0.15) is 0 Å². The third-order valence-corrected chi connectivity index (χ3v) is 5.18. The van der Waals surface area contributed by atoms with Crippen molar-refractivity contribution in [3.8, 4) is 11.5 Å². The van der Waals surface area contributed by atoms with Gasteiger partial charge in [-0.1, -0.05) is 35.9 Å². The Labute approximate surface area is 164 Å². The normalized spacial score (nSPS) is 14.1. The molecule has 2 aromatic carbocycles. The van der Waals surface area contributed by atoms with Crippen LogP contribution in [0.3, 0.4) is 0 Å². The number of hydrogen-bond donors (Lipinski definition) is 0.